The molecule has 0 spiro atoms. The molecule has 2 rings (SSSR count). The smallest absolute Gasteiger partial charge is 0.406 e. The molecule has 8 heteroatoms. The molecule has 0 bridgehead atoms. The van der Waals surface area contributed by atoms with Crippen LogP contribution in [0.1, 0.15) is 12.8 Å². The zero-order chi connectivity index (χ0) is 16.9. The van der Waals surface area contributed by atoms with E-state index in [0.29, 0.717) is 12.2 Å². The van der Waals surface area contributed by atoms with Gasteiger partial charge < -0.3 is 15.2 Å². The van der Waals surface area contributed by atoms with Crippen LogP contribution >= 0.6 is 0 Å². The molecule has 0 saturated carbocycles. The highest BCUT2D eigenvalue weighted by molar-refractivity contribution is 5.92. The molecule has 128 valence electrons. The highest BCUT2D eigenvalue weighted by Crippen LogP contribution is 2.24. The third-order valence-corrected chi connectivity index (χ3v) is 3.60. The monoisotopic (exact) mass is 332 g/mol. The topological polar surface area (TPSA) is 61.8 Å². The number of aliphatic hydroxyl groups is 1. The summed E-state index contributed by atoms with van der Waals surface area (Å²) in [6, 6.07) is 5.00. The van der Waals surface area contributed by atoms with Gasteiger partial charge in [0.15, 0.2) is 0 Å². The molecule has 1 unspecified atom stereocenters. The fraction of sp³-hybridized carbons (Fsp3) is 0.533. The zero-order valence-electron chi connectivity index (χ0n) is 12.5. The summed E-state index contributed by atoms with van der Waals surface area (Å²) in [6.07, 6.45) is -2.85. The standard InChI is InChI=1S/C15H19F3N2O3/c16-15(17,18)23-13-5-3-12(4-6-13)19-14(22)9-20-7-1-2-11(8-20)10-21/h3-6,11,21H,1-2,7-10H2,(H,19,22). The van der Waals surface area contributed by atoms with Crippen LogP contribution in [0.5, 0.6) is 5.75 Å². The van der Waals surface area contributed by atoms with Crippen molar-refractivity contribution in [2.45, 2.75) is 19.2 Å². The lowest BCUT2D eigenvalue weighted by molar-refractivity contribution is -0.274. The highest BCUT2D eigenvalue weighted by Gasteiger charge is 2.31. The fourth-order valence-electron chi connectivity index (χ4n) is 2.59. The first-order chi connectivity index (χ1) is 10.9. The lowest BCUT2D eigenvalue weighted by atomic mass is 9.99. The molecule has 1 atom stereocenters. The Kier molecular flexibility index (Phi) is 5.84. The van der Waals surface area contributed by atoms with Gasteiger partial charge in [0, 0.05) is 18.8 Å². The average Bonchev–Trinajstić information content (AvgIpc) is 2.48. The number of carbonyl (C=O) groups excluding carboxylic acids is 1. The van der Waals surface area contributed by atoms with E-state index in [4.69, 9.17) is 5.11 Å². The minimum Gasteiger partial charge on any atom is -0.406 e. The molecule has 1 amide bonds. The van der Waals surface area contributed by atoms with Crippen molar-refractivity contribution in [2.24, 2.45) is 5.92 Å². The number of hydrogen-bond donors (Lipinski definition) is 2. The SMILES string of the molecule is O=C(CN1CCCC(CO)C1)Nc1ccc(OC(F)(F)F)cc1. The van der Waals surface area contributed by atoms with Gasteiger partial charge in [0.1, 0.15) is 5.75 Å². The lowest BCUT2D eigenvalue weighted by Gasteiger charge is -2.31. The van der Waals surface area contributed by atoms with Crippen molar-refractivity contribution in [2.75, 3.05) is 31.6 Å². The molecule has 5 nitrogen and oxygen atoms in total. The van der Waals surface area contributed by atoms with Crippen molar-refractivity contribution in [1.82, 2.24) is 4.90 Å². The largest absolute Gasteiger partial charge is 0.573 e. The van der Waals surface area contributed by atoms with E-state index >= 15 is 0 Å². The van der Waals surface area contributed by atoms with Crippen molar-refractivity contribution in [1.29, 1.82) is 0 Å². The van der Waals surface area contributed by atoms with Gasteiger partial charge in [0.25, 0.3) is 0 Å². The number of rotatable bonds is 5. The summed E-state index contributed by atoms with van der Waals surface area (Å²) in [5, 5.41) is 11.8. The van der Waals surface area contributed by atoms with E-state index in [9.17, 15) is 18.0 Å². The molecule has 23 heavy (non-hydrogen) atoms. The molecule has 1 aliphatic rings. The van der Waals surface area contributed by atoms with Crippen molar-refractivity contribution in [3.8, 4) is 5.75 Å². The van der Waals surface area contributed by atoms with Crippen LogP contribution in [0.25, 0.3) is 0 Å². The van der Waals surface area contributed by atoms with E-state index in [2.05, 4.69) is 10.1 Å². The highest BCUT2D eigenvalue weighted by atomic mass is 19.4. The minimum atomic E-state index is -4.73. The maximum absolute atomic E-state index is 12.1. The number of alkyl halides is 3. The van der Waals surface area contributed by atoms with E-state index in [0.717, 1.165) is 31.5 Å². The second-order valence-corrected chi connectivity index (χ2v) is 5.55. The van der Waals surface area contributed by atoms with E-state index in [-0.39, 0.29) is 30.7 Å². The summed E-state index contributed by atoms with van der Waals surface area (Å²) in [6.45, 7) is 1.76. The molecule has 1 saturated heterocycles. The molecular formula is C15H19F3N2O3. The second kappa shape index (κ2) is 7.65. The summed E-state index contributed by atoms with van der Waals surface area (Å²) in [5.41, 5.74) is 0.403. The van der Waals surface area contributed by atoms with Crippen LogP contribution in [0.2, 0.25) is 0 Å². The van der Waals surface area contributed by atoms with E-state index in [1.54, 1.807) is 0 Å². The third-order valence-electron chi connectivity index (χ3n) is 3.60. The van der Waals surface area contributed by atoms with Crippen LogP contribution in [-0.4, -0.2) is 48.5 Å². The first kappa shape index (κ1) is 17.6. The van der Waals surface area contributed by atoms with Crippen LogP contribution in [-0.2, 0) is 4.79 Å². The summed E-state index contributed by atoms with van der Waals surface area (Å²) >= 11 is 0. The van der Waals surface area contributed by atoms with Gasteiger partial charge in [-0.05, 0) is 49.6 Å². The molecule has 0 radical (unpaired) electrons. The van der Waals surface area contributed by atoms with Crippen LogP contribution in [0.15, 0.2) is 24.3 Å². The predicted molar refractivity (Wildman–Crippen MR) is 78.0 cm³/mol. The Balaban J connectivity index is 1.83. The van der Waals surface area contributed by atoms with Gasteiger partial charge in [-0.1, -0.05) is 0 Å². The van der Waals surface area contributed by atoms with Gasteiger partial charge in [-0.2, -0.15) is 0 Å². The summed E-state index contributed by atoms with van der Waals surface area (Å²) in [7, 11) is 0. The molecule has 1 aromatic rings. The van der Waals surface area contributed by atoms with E-state index < -0.39 is 6.36 Å². The average molecular weight is 332 g/mol. The van der Waals surface area contributed by atoms with Crippen molar-refractivity contribution in [3.63, 3.8) is 0 Å². The van der Waals surface area contributed by atoms with Gasteiger partial charge in [-0.25, -0.2) is 0 Å². The first-order valence-electron chi connectivity index (χ1n) is 7.34. The number of nitrogens with one attached hydrogen (secondary N) is 1. The molecule has 0 aliphatic carbocycles. The Labute approximate surface area is 132 Å². The molecule has 0 aromatic heterocycles. The quantitative estimate of drug-likeness (QED) is 0.868. The normalized spacial score (nSPS) is 19.4. The molecule has 1 aliphatic heterocycles. The Morgan fingerprint density at radius 1 is 1.35 bits per heavy atom. The van der Waals surface area contributed by atoms with Gasteiger partial charge in [-0.3, -0.25) is 9.69 Å². The number of halogens is 3. The Bertz CT molecular complexity index is 520. The minimum absolute atomic E-state index is 0.110. The number of likely N-dealkylation sites (tertiary alicyclic amines) is 1. The number of aliphatic hydroxyl groups excluding tert-OH is 1. The maximum atomic E-state index is 12.1. The lowest BCUT2D eigenvalue weighted by Crippen LogP contribution is -2.41. The molecule has 2 N–H and O–H groups in total. The summed E-state index contributed by atoms with van der Waals surface area (Å²) in [4.78, 5) is 13.9. The van der Waals surface area contributed by atoms with Gasteiger partial charge >= 0.3 is 6.36 Å². The maximum Gasteiger partial charge on any atom is 0.573 e. The first-order valence-corrected chi connectivity index (χ1v) is 7.34. The fourth-order valence-corrected chi connectivity index (χ4v) is 2.59. The van der Waals surface area contributed by atoms with Crippen LogP contribution in [0, 0.1) is 5.92 Å². The number of amides is 1. The van der Waals surface area contributed by atoms with Crippen LogP contribution < -0.4 is 10.1 Å². The number of nitrogens with zero attached hydrogens (tertiary/aromatic N) is 1. The molecule has 1 aromatic carbocycles. The predicted octanol–water partition coefficient (Wildman–Crippen LogP) is 2.23. The van der Waals surface area contributed by atoms with Crippen LogP contribution in [0.3, 0.4) is 0 Å². The van der Waals surface area contributed by atoms with Crippen molar-refractivity contribution < 1.29 is 27.8 Å². The number of carbonyl (C=O) groups is 1. The Morgan fingerprint density at radius 3 is 2.65 bits per heavy atom. The summed E-state index contributed by atoms with van der Waals surface area (Å²) in [5.74, 6) is -0.388. The number of hydrogen-bond acceptors (Lipinski definition) is 4. The Morgan fingerprint density at radius 2 is 2.04 bits per heavy atom. The molecule has 1 fully saturated rings. The van der Waals surface area contributed by atoms with Gasteiger partial charge in [-0.15, -0.1) is 13.2 Å². The van der Waals surface area contributed by atoms with Gasteiger partial charge in [0.05, 0.1) is 6.54 Å². The number of piperidine rings is 1. The zero-order valence-corrected chi connectivity index (χ0v) is 12.5. The number of benzene rings is 1. The van der Waals surface area contributed by atoms with E-state index in [1.165, 1.54) is 12.1 Å². The summed E-state index contributed by atoms with van der Waals surface area (Å²) < 4.78 is 39.9. The van der Waals surface area contributed by atoms with Gasteiger partial charge in [0.2, 0.25) is 5.91 Å². The Hall–Kier alpha value is -1.80. The second-order valence-electron chi connectivity index (χ2n) is 5.55. The number of ether oxygens (including phenoxy) is 1. The van der Waals surface area contributed by atoms with Crippen molar-refractivity contribution in [3.05, 3.63) is 24.3 Å². The molecular weight excluding hydrogens is 313 g/mol. The number of anilines is 1. The molecule has 1 heterocycles. The third kappa shape index (κ3) is 6.07. The van der Waals surface area contributed by atoms with Crippen LogP contribution in [0.4, 0.5) is 18.9 Å². The van der Waals surface area contributed by atoms with Crippen molar-refractivity contribution >= 4 is 11.6 Å². The van der Waals surface area contributed by atoms with E-state index in [1.807, 2.05) is 4.90 Å².